The van der Waals surface area contributed by atoms with Crippen LogP contribution in [0.1, 0.15) is 29.3 Å². The number of rotatable bonds is 6. The average molecular weight is 347 g/mol. The molecule has 0 saturated carbocycles. The van der Waals surface area contributed by atoms with Gasteiger partial charge in [-0.1, -0.05) is 25.1 Å². The molecule has 0 bridgehead atoms. The van der Waals surface area contributed by atoms with Crippen molar-refractivity contribution in [3.63, 3.8) is 0 Å². The summed E-state index contributed by atoms with van der Waals surface area (Å²) >= 11 is 3.43. The number of nitrogens with one attached hydrogen (secondary N) is 1. The van der Waals surface area contributed by atoms with E-state index < -0.39 is 0 Å². The SMILES string of the molecule is CCNC(Cc1ccc(C)c(C)c1)Cc1ccc(Br)cn1. The minimum absolute atomic E-state index is 0.422. The summed E-state index contributed by atoms with van der Waals surface area (Å²) in [4.78, 5) is 4.49. The van der Waals surface area contributed by atoms with Gasteiger partial charge in [-0.25, -0.2) is 0 Å². The van der Waals surface area contributed by atoms with Gasteiger partial charge in [0.1, 0.15) is 0 Å². The molecular weight excluding hydrogens is 324 g/mol. The predicted molar refractivity (Wildman–Crippen MR) is 92.7 cm³/mol. The first kappa shape index (κ1) is 16.2. The molecule has 0 saturated heterocycles. The second kappa shape index (κ2) is 7.71. The molecule has 0 aliphatic rings. The quantitative estimate of drug-likeness (QED) is 0.846. The number of benzene rings is 1. The van der Waals surface area contributed by atoms with Crippen LogP contribution in [0.15, 0.2) is 41.0 Å². The van der Waals surface area contributed by atoms with Gasteiger partial charge in [-0.05, 0) is 71.6 Å². The molecule has 112 valence electrons. The van der Waals surface area contributed by atoms with Crippen LogP contribution in [-0.4, -0.2) is 17.6 Å². The number of likely N-dealkylation sites (N-methyl/N-ethyl adjacent to an activating group) is 1. The van der Waals surface area contributed by atoms with Gasteiger partial charge in [0, 0.05) is 28.8 Å². The molecule has 3 heteroatoms. The zero-order valence-corrected chi connectivity index (χ0v) is 14.6. The maximum atomic E-state index is 4.49. The first-order valence-corrected chi connectivity index (χ1v) is 8.27. The lowest BCUT2D eigenvalue weighted by molar-refractivity contribution is 0.516. The van der Waals surface area contributed by atoms with Crippen molar-refractivity contribution < 1.29 is 0 Å². The first-order valence-electron chi connectivity index (χ1n) is 7.48. The van der Waals surface area contributed by atoms with E-state index in [2.05, 4.69) is 77.3 Å². The number of aryl methyl sites for hydroxylation is 2. The highest BCUT2D eigenvalue weighted by Gasteiger charge is 2.11. The highest BCUT2D eigenvalue weighted by Crippen LogP contribution is 2.14. The zero-order chi connectivity index (χ0) is 15.2. The maximum absolute atomic E-state index is 4.49. The molecule has 1 aromatic carbocycles. The summed E-state index contributed by atoms with van der Waals surface area (Å²) in [6, 6.07) is 11.3. The summed E-state index contributed by atoms with van der Waals surface area (Å²) < 4.78 is 1.03. The molecule has 1 unspecified atom stereocenters. The van der Waals surface area contributed by atoms with E-state index in [9.17, 15) is 0 Å². The van der Waals surface area contributed by atoms with Crippen LogP contribution in [0, 0.1) is 13.8 Å². The molecule has 0 radical (unpaired) electrons. The van der Waals surface area contributed by atoms with E-state index in [4.69, 9.17) is 0 Å². The van der Waals surface area contributed by atoms with Crippen LogP contribution in [0.3, 0.4) is 0 Å². The van der Waals surface area contributed by atoms with E-state index in [1.165, 1.54) is 16.7 Å². The third kappa shape index (κ3) is 4.94. The lowest BCUT2D eigenvalue weighted by Crippen LogP contribution is -2.33. The monoisotopic (exact) mass is 346 g/mol. The Morgan fingerprint density at radius 3 is 2.52 bits per heavy atom. The minimum Gasteiger partial charge on any atom is -0.314 e. The average Bonchev–Trinajstić information content (AvgIpc) is 2.46. The summed E-state index contributed by atoms with van der Waals surface area (Å²) in [5.41, 5.74) is 5.24. The molecule has 0 fully saturated rings. The van der Waals surface area contributed by atoms with Crippen molar-refractivity contribution in [3.05, 3.63) is 63.4 Å². The van der Waals surface area contributed by atoms with Crippen molar-refractivity contribution in [3.8, 4) is 0 Å². The molecule has 0 aliphatic heterocycles. The first-order chi connectivity index (χ1) is 10.1. The predicted octanol–water partition coefficient (Wildman–Crippen LogP) is 4.22. The Bertz CT molecular complexity index is 578. The van der Waals surface area contributed by atoms with Crippen LogP contribution in [0.5, 0.6) is 0 Å². The topological polar surface area (TPSA) is 24.9 Å². The number of halogens is 1. The van der Waals surface area contributed by atoms with Crippen molar-refractivity contribution >= 4 is 15.9 Å². The van der Waals surface area contributed by atoms with Crippen LogP contribution in [-0.2, 0) is 12.8 Å². The Morgan fingerprint density at radius 2 is 1.90 bits per heavy atom. The van der Waals surface area contributed by atoms with Gasteiger partial charge in [0.05, 0.1) is 0 Å². The van der Waals surface area contributed by atoms with Crippen molar-refractivity contribution in [2.45, 2.75) is 39.7 Å². The number of pyridine rings is 1. The molecule has 21 heavy (non-hydrogen) atoms. The van der Waals surface area contributed by atoms with E-state index in [1.54, 1.807) is 0 Å². The number of aromatic nitrogens is 1. The van der Waals surface area contributed by atoms with Gasteiger partial charge in [0.2, 0.25) is 0 Å². The van der Waals surface area contributed by atoms with E-state index in [-0.39, 0.29) is 0 Å². The van der Waals surface area contributed by atoms with Crippen LogP contribution in [0.2, 0.25) is 0 Å². The third-order valence-corrected chi connectivity index (χ3v) is 4.26. The van der Waals surface area contributed by atoms with Gasteiger partial charge < -0.3 is 5.32 Å². The number of nitrogens with zero attached hydrogens (tertiary/aromatic N) is 1. The molecule has 0 spiro atoms. The van der Waals surface area contributed by atoms with Gasteiger partial charge in [0.25, 0.3) is 0 Å². The molecule has 0 aliphatic carbocycles. The van der Waals surface area contributed by atoms with Crippen molar-refractivity contribution in [1.29, 1.82) is 0 Å². The smallest absolute Gasteiger partial charge is 0.0420 e. The molecule has 0 amide bonds. The highest BCUT2D eigenvalue weighted by molar-refractivity contribution is 9.10. The Hall–Kier alpha value is -1.19. The van der Waals surface area contributed by atoms with Crippen LogP contribution in [0.25, 0.3) is 0 Å². The maximum Gasteiger partial charge on any atom is 0.0420 e. The van der Waals surface area contributed by atoms with Gasteiger partial charge >= 0.3 is 0 Å². The van der Waals surface area contributed by atoms with Gasteiger partial charge in [-0.3, -0.25) is 4.98 Å². The highest BCUT2D eigenvalue weighted by atomic mass is 79.9. The summed E-state index contributed by atoms with van der Waals surface area (Å²) in [7, 11) is 0. The Labute approximate surface area is 136 Å². The summed E-state index contributed by atoms with van der Waals surface area (Å²) in [6.07, 6.45) is 3.86. The molecule has 1 atom stereocenters. The van der Waals surface area contributed by atoms with Crippen LogP contribution < -0.4 is 5.32 Å². The van der Waals surface area contributed by atoms with Gasteiger partial charge in [0.15, 0.2) is 0 Å². The van der Waals surface area contributed by atoms with Gasteiger partial charge in [-0.2, -0.15) is 0 Å². The zero-order valence-electron chi connectivity index (χ0n) is 13.0. The van der Waals surface area contributed by atoms with Crippen molar-refractivity contribution in [1.82, 2.24) is 10.3 Å². The summed E-state index contributed by atoms with van der Waals surface area (Å²) in [6.45, 7) is 7.47. The fourth-order valence-electron chi connectivity index (χ4n) is 2.50. The Kier molecular flexibility index (Phi) is 5.95. The lowest BCUT2D eigenvalue weighted by Gasteiger charge is -2.18. The van der Waals surface area contributed by atoms with E-state index >= 15 is 0 Å². The molecular formula is C18H23BrN2. The number of hydrogen-bond acceptors (Lipinski definition) is 2. The second-order valence-corrected chi connectivity index (χ2v) is 6.46. The molecule has 2 aromatic rings. The summed E-state index contributed by atoms with van der Waals surface area (Å²) in [5, 5.41) is 3.58. The molecule has 2 nitrogen and oxygen atoms in total. The lowest BCUT2D eigenvalue weighted by atomic mass is 9.98. The van der Waals surface area contributed by atoms with Crippen molar-refractivity contribution in [2.24, 2.45) is 0 Å². The van der Waals surface area contributed by atoms with E-state index in [0.29, 0.717) is 6.04 Å². The Balaban J connectivity index is 2.07. The Morgan fingerprint density at radius 1 is 1.10 bits per heavy atom. The standard InChI is InChI=1S/C18H23BrN2/c1-4-20-18(11-17-8-7-16(19)12-21-17)10-15-6-5-13(2)14(3)9-15/h5-9,12,18,20H,4,10-11H2,1-3H3. The van der Waals surface area contributed by atoms with Crippen LogP contribution in [0.4, 0.5) is 0 Å². The van der Waals surface area contributed by atoms with Crippen LogP contribution >= 0.6 is 15.9 Å². The molecule has 1 aromatic heterocycles. The third-order valence-electron chi connectivity index (χ3n) is 3.79. The molecule has 1 heterocycles. The number of hydrogen-bond donors (Lipinski definition) is 1. The molecule has 2 rings (SSSR count). The summed E-state index contributed by atoms with van der Waals surface area (Å²) in [5.74, 6) is 0. The second-order valence-electron chi connectivity index (χ2n) is 5.55. The van der Waals surface area contributed by atoms with E-state index in [1.807, 2.05) is 6.20 Å². The largest absolute Gasteiger partial charge is 0.314 e. The van der Waals surface area contributed by atoms with Gasteiger partial charge in [-0.15, -0.1) is 0 Å². The minimum atomic E-state index is 0.422. The fourth-order valence-corrected chi connectivity index (χ4v) is 2.73. The fraction of sp³-hybridized carbons (Fsp3) is 0.389. The van der Waals surface area contributed by atoms with Crippen molar-refractivity contribution in [2.75, 3.05) is 6.54 Å². The normalized spacial score (nSPS) is 12.4. The van der Waals surface area contributed by atoms with E-state index in [0.717, 1.165) is 29.6 Å². The molecule has 1 N–H and O–H groups in total.